The van der Waals surface area contributed by atoms with E-state index in [0.29, 0.717) is 16.9 Å². The molecular weight excluding hydrogens is 334 g/mol. The van der Waals surface area contributed by atoms with Crippen LogP contribution in [0, 0.1) is 5.92 Å². The third-order valence-electron chi connectivity index (χ3n) is 3.81. The quantitative estimate of drug-likeness (QED) is 0.820. The third-order valence-corrected chi connectivity index (χ3v) is 4.58. The van der Waals surface area contributed by atoms with Crippen LogP contribution < -0.4 is 10.9 Å². The highest BCUT2D eigenvalue weighted by Crippen LogP contribution is 2.19. The van der Waals surface area contributed by atoms with Crippen molar-refractivity contribution >= 4 is 21.6 Å². The van der Waals surface area contributed by atoms with E-state index >= 15 is 0 Å². The van der Waals surface area contributed by atoms with Gasteiger partial charge in [-0.2, -0.15) is 5.10 Å². The second-order valence-electron chi connectivity index (χ2n) is 6.00. The van der Waals surface area contributed by atoms with Crippen LogP contribution in [0.1, 0.15) is 6.42 Å². The van der Waals surface area contributed by atoms with Gasteiger partial charge in [0.1, 0.15) is 4.47 Å². The molecule has 0 radical (unpaired) electrons. The number of halogens is 1. The van der Waals surface area contributed by atoms with Crippen molar-refractivity contribution in [1.29, 1.82) is 0 Å². The summed E-state index contributed by atoms with van der Waals surface area (Å²) in [5.74, 6) is 0.637. The molecule has 0 amide bonds. The number of anilines is 1. The fraction of sp³-hybridized carbons (Fsp3) is 0.714. The Balaban J connectivity index is 1.98. The van der Waals surface area contributed by atoms with Gasteiger partial charge in [0.15, 0.2) is 0 Å². The lowest BCUT2D eigenvalue weighted by Crippen LogP contribution is -2.29. The number of likely N-dealkylation sites (N-methyl/N-ethyl adjacent to an activating group) is 1. The van der Waals surface area contributed by atoms with E-state index in [1.54, 1.807) is 6.20 Å². The van der Waals surface area contributed by atoms with E-state index in [1.807, 2.05) is 19.0 Å². The molecule has 6 nitrogen and oxygen atoms in total. The summed E-state index contributed by atoms with van der Waals surface area (Å²) in [7, 11) is 6.10. The van der Waals surface area contributed by atoms with Crippen LogP contribution in [0.3, 0.4) is 0 Å². The predicted octanol–water partition coefficient (Wildman–Crippen LogP) is 0.931. The number of hydrogen-bond acceptors (Lipinski definition) is 5. The molecule has 0 aromatic carbocycles. The lowest BCUT2D eigenvalue weighted by atomic mass is 10.1. The highest BCUT2D eigenvalue weighted by Gasteiger charge is 2.19. The lowest BCUT2D eigenvalue weighted by Gasteiger charge is -2.15. The van der Waals surface area contributed by atoms with Crippen LogP contribution >= 0.6 is 15.9 Å². The topological polar surface area (TPSA) is 53.4 Å². The van der Waals surface area contributed by atoms with Gasteiger partial charge in [0, 0.05) is 19.6 Å². The highest BCUT2D eigenvalue weighted by atomic mass is 79.9. The van der Waals surface area contributed by atoms with Gasteiger partial charge in [-0.05, 0) is 56.0 Å². The van der Waals surface area contributed by atoms with Crippen molar-refractivity contribution in [3.63, 3.8) is 0 Å². The molecule has 21 heavy (non-hydrogen) atoms. The molecule has 0 saturated carbocycles. The molecule has 1 saturated heterocycles. The van der Waals surface area contributed by atoms with Crippen molar-refractivity contribution in [3.05, 3.63) is 21.0 Å². The Morgan fingerprint density at radius 3 is 2.90 bits per heavy atom. The number of nitrogens with one attached hydrogen (secondary N) is 1. The molecular formula is C14H24BrN5O. The summed E-state index contributed by atoms with van der Waals surface area (Å²) in [6.45, 7) is 4.53. The van der Waals surface area contributed by atoms with Gasteiger partial charge in [0.2, 0.25) is 0 Å². The van der Waals surface area contributed by atoms with Gasteiger partial charge >= 0.3 is 0 Å². The molecule has 7 heteroatoms. The molecule has 1 fully saturated rings. The van der Waals surface area contributed by atoms with Crippen LogP contribution in [-0.4, -0.2) is 66.9 Å². The average molecular weight is 358 g/mol. The van der Waals surface area contributed by atoms with Gasteiger partial charge in [-0.15, -0.1) is 0 Å². The maximum absolute atomic E-state index is 12.2. The first-order chi connectivity index (χ1) is 9.97. The SMILES string of the molecule is CN(C)CCn1ncc(NCC2CCN(C)C2)c(Br)c1=O. The maximum atomic E-state index is 12.2. The molecule has 2 heterocycles. The van der Waals surface area contributed by atoms with E-state index in [9.17, 15) is 4.79 Å². The van der Waals surface area contributed by atoms with Crippen molar-refractivity contribution in [2.24, 2.45) is 5.92 Å². The number of rotatable bonds is 6. The summed E-state index contributed by atoms with van der Waals surface area (Å²) in [6, 6.07) is 0. The van der Waals surface area contributed by atoms with Crippen LogP contribution in [-0.2, 0) is 6.54 Å². The second kappa shape index (κ2) is 7.38. The largest absolute Gasteiger partial charge is 0.382 e. The zero-order valence-corrected chi connectivity index (χ0v) is 14.6. The Morgan fingerprint density at radius 1 is 1.52 bits per heavy atom. The fourth-order valence-corrected chi connectivity index (χ4v) is 2.94. The van der Waals surface area contributed by atoms with Crippen LogP contribution in [0.5, 0.6) is 0 Å². The normalized spacial score (nSPS) is 19.4. The van der Waals surface area contributed by atoms with Crippen LogP contribution in [0.2, 0.25) is 0 Å². The monoisotopic (exact) mass is 357 g/mol. The Kier molecular flexibility index (Phi) is 5.78. The van der Waals surface area contributed by atoms with Crippen molar-refractivity contribution < 1.29 is 0 Å². The van der Waals surface area contributed by atoms with E-state index in [-0.39, 0.29) is 5.56 Å². The predicted molar refractivity (Wildman–Crippen MR) is 88.8 cm³/mol. The Labute approximate surface area is 134 Å². The van der Waals surface area contributed by atoms with E-state index in [0.717, 1.165) is 31.9 Å². The van der Waals surface area contributed by atoms with Crippen LogP contribution in [0.25, 0.3) is 0 Å². The number of likely N-dealkylation sites (tertiary alicyclic amines) is 1. The molecule has 2 rings (SSSR count). The molecule has 1 aliphatic heterocycles. The molecule has 1 unspecified atom stereocenters. The minimum absolute atomic E-state index is 0.0783. The smallest absolute Gasteiger partial charge is 0.283 e. The number of hydrogen-bond donors (Lipinski definition) is 1. The molecule has 1 N–H and O–H groups in total. The van der Waals surface area contributed by atoms with E-state index in [1.165, 1.54) is 11.1 Å². The molecule has 118 valence electrons. The molecule has 0 aliphatic carbocycles. The Hall–Kier alpha value is -0.920. The van der Waals surface area contributed by atoms with Gasteiger partial charge in [-0.1, -0.05) is 0 Å². The minimum atomic E-state index is -0.0783. The van der Waals surface area contributed by atoms with Gasteiger partial charge in [-0.3, -0.25) is 4.79 Å². The number of nitrogens with zero attached hydrogens (tertiary/aromatic N) is 4. The summed E-state index contributed by atoms with van der Waals surface area (Å²) in [6.07, 6.45) is 2.94. The van der Waals surface area contributed by atoms with E-state index in [2.05, 4.69) is 38.3 Å². The second-order valence-corrected chi connectivity index (χ2v) is 6.79. The minimum Gasteiger partial charge on any atom is -0.382 e. The van der Waals surface area contributed by atoms with E-state index in [4.69, 9.17) is 0 Å². The van der Waals surface area contributed by atoms with Gasteiger partial charge < -0.3 is 15.1 Å². The highest BCUT2D eigenvalue weighted by molar-refractivity contribution is 9.10. The molecule has 0 spiro atoms. The molecule has 1 aromatic heterocycles. The summed E-state index contributed by atoms with van der Waals surface area (Å²) in [5.41, 5.74) is 0.709. The van der Waals surface area contributed by atoms with Crippen molar-refractivity contribution in [3.8, 4) is 0 Å². The van der Waals surface area contributed by atoms with Crippen molar-refractivity contribution in [2.45, 2.75) is 13.0 Å². The van der Waals surface area contributed by atoms with Crippen molar-refractivity contribution in [1.82, 2.24) is 19.6 Å². The first-order valence-electron chi connectivity index (χ1n) is 7.30. The van der Waals surface area contributed by atoms with Crippen LogP contribution in [0.4, 0.5) is 5.69 Å². The molecule has 1 aliphatic rings. The average Bonchev–Trinajstić information content (AvgIpc) is 2.85. The van der Waals surface area contributed by atoms with Crippen LogP contribution in [0.15, 0.2) is 15.5 Å². The van der Waals surface area contributed by atoms with Gasteiger partial charge in [0.25, 0.3) is 5.56 Å². The molecule has 0 bridgehead atoms. The Bertz CT molecular complexity index is 531. The maximum Gasteiger partial charge on any atom is 0.283 e. The zero-order chi connectivity index (χ0) is 15.4. The first kappa shape index (κ1) is 16.5. The van der Waals surface area contributed by atoms with Crippen molar-refractivity contribution in [2.75, 3.05) is 52.6 Å². The standard InChI is InChI=1S/C14H24BrN5O/c1-18(2)6-7-20-14(21)13(15)12(9-17-20)16-8-11-4-5-19(3)10-11/h9,11,16H,4-8,10H2,1-3H3. The molecule has 1 aromatic rings. The lowest BCUT2D eigenvalue weighted by molar-refractivity contribution is 0.367. The first-order valence-corrected chi connectivity index (χ1v) is 8.09. The molecule has 1 atom stereocenters. The summed E-state index contributed by atoms with van der Waals surface area (Å²) in [4.78, 5) is 16.6. The number of aromatic nitrogens is 2. The Morgan fingerprint density at radius 2 is 2.29 bits per heavy atom. The van der Waals surface area contributed by atoms with Gasteiger partial charge in [0.05, 0.1) is 18.4 Å². The zero-order valence-electron chi connectivity index (χ0n) is 13.0. The summed E-state index contributed by atoms with van der Waals surface area (Å²) >= 11 is 3.40. The fourth-order valence-electron chi connectivity index (χ4n) is 2.49. The van der Waals surface area contributed by atoms with E-state index < -0.39 is 0 Å². The van der Waals surface area contributed by atoms with Gasteiger partial charge in [-0.25, -0.2) is 4.68 Å². The summed E-state index contributed by atoms with van der Waals surface area (Å²) < 4.78 is 2.07. The summed E-state index contributed by atoms with van der Waals surface area (Å²) in [5, 5.41) is 7.59. The third kappa shape index (κ3) is 4.52.